The Kier molecular flexibility index (Phi) is 5.19. The van der Waals surface area contributed by atoms with Crippen LogP contribution < -0.4 is 16.0 Å². The quantitative estimate of drug-likeness (QED) is 0.801. The molecule has 1 saturated heterocycles. The van der Waals surface area contributed by atoms with E-state index in [0.717, 1.165) is 25.9 Å². The molecule has 0 aliphatic carbocycles. The van der Waals surface area contributed by atoms with E-state index >= 15 is 0 Å². The van der Waals surface area contributed by atoms with Crippen LogP contribution in [0.4, 0.5) is 5.69 Å². The minimum Gasteiger partial charge on any atom is -0.348 e. The van der Waals surface area contributed by atoms with Crippen molar-refractivity contribution in [3.05, 3.63) is 29.8 Å². The van der Waals surface area contributed by atoms with Crippen molar-refractivity contribution in [1.82, 2.24) is 10.6 Å². The van der Waals surface area contributed by atoms with Crippen LogP contribution in [0.25, 0.3) is 0 Å². The fourth-order valence-corrected chi connectivity index (χ4v) is 2.34. The fourth-order valence-electron chi connectivity index (χ4n) is 2.34. The molecule has 1 aromatic carbocycles. The number of nitrogens with one attached hydrogen (secondary N) is 3. The highest BCUT2D eigenvalue weighted by atomic mass is 16.2. The molecule has 2 rings (SSSR count). The lowest BCUT2D eigenvalue weighted by molar-refractivity contribution is -0.123. The summed E-state index contributed by atoms with van der Waals surface area (Å²) in [5.41, 5.74) is 0.561. The second kappa shape index (κ2) is 6.92. The summed E-state index contributed by atoms with van der Waals surface area (Å²) in [6.45, 7) is 7.34. The van der Waals surface area contributed by atoms with Crippen molar-refractivity contribution in [3.8, 4) is 0 Å². The molecule has 2 amide bonds. The lowest BCUT2D eigenvalue weighted by atomic mass is 9.95. The van der Waals surface area contributed by atoms with Crippen LogP contribution in [0.5, 0.6) is 0 Å². The summed E-state index contributed by atoms with van der Waals surface area (Å²) < 4.78 is 0. The van der Waals surface area contributed by atoms with Crippen LogP contribution in [-0.4, -0.2) is 30.9 Å². The first-order valence-corrected chi connectivity index (χ1v) is 7.80. The second-order valence-electron chi connectivity index (χ2n) is 6.77. The van der Waals surface area contributed by atoms with Gasteiger partial charge in [-0.15, -0.1) is 0 Å². The van der Waals surface area contributed by atoms with Crippen molar-refractivity contribution >= 4 is 17.5 Å². The van der Waals surface area contributed by atoms with E-state index < -0.39 is 5.41 Å². The Balaban J connectivity index is 2.10. The highest BCUT2D eigenvalue weighted by molar-refractivity contribution is 6.04. The lowest BCUT2D eigenvalue weighted by Crippen LogP contribution is -2.45. The molecule has 1 fully saturated rings. The molecule has 5 heteroatoms. The number of benzene rings is 1. The molecule has 0 unspecified atom stereocenters. The normalized spacial score (nSPS) is 18.6. The summed E-state index contributed by atoms with van der Waals surface area (Å²) in [4.78, 5) is 24.6. The van der Waals surface area contributed by atoms with Gasteiger partial charge < -0.3 is 16.0 Å². The monoisotopic (exact) mass is 303 g/mol. The van der Waals surface area contributed by atoms with Crippen LogP contribution >= 0.6 is 0 Å². The van der Waals surface area contributed by atoms with Gasteiger partial charge in [-0.3, -0.25) is 9.59 Å². The summed E-state index contributed by atoms with van der Waals surface area (Å²) in [5, 5.41) is 9.16. The van der Waals surface area contributed by atoms with Crippen molar-refractivity contribution < 1.29 is 9.59 Å². The van der Waals surface area contributed by atoms with Gasteiger partial charge in [-0.25, -0.2) is 0 Å². The molecule has 5 nitrogen and oxygen atoms in total. The molecule has 1 aliphatic rings. The smallest absolute Gasteiger partial charge is 0.253 e. The molecule has 0 radical (unpaired) electrons. The molecule has 0 aromatic heterocycles. The third-order valence-corrected chi connectivity index (χ3v) is 3.73. The molecule has 3 N–H and O–H groups in total. The van der Waals surface area contributed by atoms with Crippen LogP contribution in [-0.2, 0) is 4.79 Å². The number of piperidine rings is 1. The van der Waals surface area contributed by atoms with Crippen LogP contribution in [0, 0.1) is 5.41 Å². The molecule has 1 atom stereocenters. The zero-order valence-electron chi connectivity index (χ0n) is 13.5. The Morgan fingerprint density at radius 1 is 1.23 bits per heavy atom. The van der Waals surface area contributed by atoms with Gasteiger partial charge in [-0.1, -0.05) is 32.9 Å². The first-order chi connectivity index (χ1) is 10.4. The first kappa shape index (κ1) is 16.5. The number of carbonyl (C=O) groups excluding carboxylic acids is 2. The first-order valence-electron chi connectivity index (χ1n) is 7.80. The molecule has 0 spiro atoms. The number of anilines is 1. The van der Waals surface area contributed by atoms with Gasteiger partial charge in [-0.05, 0) is 31.5 Å². The number of hydrogen-bond donors (Lipinski definition) is 3. The average Bonchev–Trinajstić information content (AvgIpc) is 2.47. The van der Waals surface area contributed by atoms with Crippen LogP contribution in [0.3, 0.4) is 0 Å². The van der Waals surface area contributed by atoms with Crippen molar-refractivity contribution in [1.29, 1.82) is 0 Å². The molecule has 120 valence electrons. The van der Waals surface area contributed by atoms with E-state index in [4.69, 9.17) is 0 Å². The molecule has 1 aromatic rings. The van der Waals surface area contributed by atoms with E-state index in [0.29, 0.717) is 11.3 Å². The molecule has 0 saturated carbocycles. The van der Waals surface area contributed by atoms with Crippen LogP contribution in [0.1, 0.15) is 44.0 Å². The minimum absolute atomic E-state index is 0.105. The van der Waals surface area contributed by atoms with Crippen molar-refractivity contribution in [3.63, 3.8) is 0 Å². The highest BCUT2D eigenvalue weighted by Gasteiger charge is 2.24. The van der Waals surface area contributed by atoms with Crippen molar-refractivity contribution in [2.24, 2.45) is 5.41 Å². The van der Waals surface area contributed by atoms with E-state index in [9.17, 15) is 9.59 Å². The standard InChI is InChI=1S/C17H25N3O2/c1-17(2,3)16(22)20-14-9-5-4-8-13(14)15(21)19-12-7-6-10-18-11-12/h4-5,8-9,12,18H,6-7,10-11H2,1-3H3,(H,19,21)(H,20,22)/t12-/m0/s1. The second-order valence-corrected chi connectivity index (χ2v) is 6.77. The Bertz CT molecular complexity index is 543. The van der Waals surface area contributed by atoms with E-state index in [2.05, 4.69) is 16.0 Å². The summed E-state index contributed by atoms with van der Waals surface area (Å²) in [6, 6.07) is 7.27. The van der Waals surface area contributed by atoms with Crippen LogP contribution in [0.15, 0.2) is 24.3 Å². The third kappa shape index (κ3) is 4.31. The predicted octanol–water partition coefficient (Wildman–Crippen LogP) is 2.15. The van der Waals surface area contributed by atoms with Gasteiger partial charge in [0.05, 0.1) is 11.3 Å². The summed E-state index contributed by atoms with van der Waals surface area (Å²) in [6.07, 6.45) is 2.04. The number of amides is 2. The van der Waals surface area contributed by atoms with E-state index in [1.165, 1.54) is 0 Å². The van der Waals surface area contributed by atoms with Gasteiger partial charge >= 0.3 is 0 Å². The van der Waals surface area contributed by atoms with Gasteiger partial charge in [-0.2, -0.15) is 0 Å². The highest BCUT2D eigenvalue weighted by Crippen LogP contribution is 2.20. The number of hydrogen-bond acceptors (Lipinski definition) is 3. The van der Waals surface area contributed by atoms with Gasteiger partial charge in [0.1, 0.15) is 0 Å². The Labute approximate surface area is 131 Å². The maximum atomic E-state index is 12.5. The average molecular weight is 303 g/mol. The number of carbonyl (C=O) groups is 2. The maximum Gasteiger partial charge on any atom is 0.253 e. The maximum absolute atomic E-state index is 12.5. The van der Waals surface area contributed by atoms with Gasteiger partial charge in [0.2, 0.25) is 5.91 Å². The van der Waals surface area contributed by atoms with Crippen molar-refractivity contribution in [2.45, 2.75) is 39.7 Å². The summed E-state index contributed by atoms with van der Waals surface area (Å²) in [5.74, 6) is -0.245. The predicted molar refractivity (Wildman–Crippen MR) is 87.9 cm³/mol. The molecular weight excluding hydrogens is 278 g/mol. The topological polar surface area (TPSA) is 70.2 Å². The zero-order chi connectivity index (χ0) is 16.2. The van der Waals surface area contributed by atoms with Gasteiger partial charge in [0.15, 0.2) is 0 Å². The summed E-state index contributed by atoms with van der Waals surface area (Å²) >= 11 is 0. The SMILES string of the molecule is CC(C)(C)C(=O)Nc1ccccc1C(=O)N[C@H]1CCCNC1. The Morgan fingerprint density at radius 2 is 1.95 bits per heavy atom. The van der Waals surface area contributed by atoms with Gasteiger partial charge in [0, 0.05) is 18.0 Å². The number of para-hydroxylation sites is 1. The Morgan fingerprint density at radius 3 is 2.59 bits per heavy atom. The largest absolute Gasteiger partial charge is 0.348 e. The molecule has 22 heavy (non-hydrogen) atoms. The van der Waals surface area contributed by atoms with Gasteiger partial charge in [0.25, 0.3) is 5.91 Å². The molecule has 1 heterocycles. The zero-order valence-corrected chi connectivity index (χ0v) is 13.5. The van der Waals surface area contributed by atoms with Crippen LogP contribution in [0.2, 0.25) is 0 Å². The Hall–Kier alpha value is -1.88. The summed E-state index contributed by atoms with van der Waals surface area (Å²) in [7, 11) is 0. The number of rotatable bonds is 3. The van der Waals surface area contributed by atoms with E-state index in [-0.39, 0.29) is 17.9 Å². The fraction of sp³-hybridized carbons (Fsp3) is 0.529. The minimum atomic E-state index is -0.503. The molecule has 0 bridgehead atoms. The van der Waals surface area contributed by atoms with Crippen molar-refractivity contribution in [2.75, 3.05) is 18.4 Å². The van der Waals surface area contributed by atoms with E-state index in [1.54, 1.807) is 18.2 Å². The lowest BCUT2D eigenvalue weighted by Gasteiger charge is -2.24. The molecule has 1 aliphatic heterocycles. The third-order valence-electron chi connectivity index (χ3n) is 3.73. The van der Waals surface area contributed by atoms with E-state index in [1.807, 2.05) is 26.8 Å². The molecular formula is C17H25N3O2.